The Bertz CT molecular complexity index is 857. The second-order valence-electron chi connectivity index (χ2n) is 7.43. The number of piperidine rings is 1. The summed E-state index contributed by atoms with van der Waals surface area (Å²) >= 11 is 0. The van der Waals surface area contributed by atoms with Crippen LogP contribution in [0, 0.1) is 0 Å². The molecule has 2 aromatic carbocycles. The van der Waals surface area contributed by atoms with Gasteiger partial charge >= 0.3 is 0 Å². The Morgan fingerprint density at radius 3 is 2.68 bits per heavy atom. The third kappa shape index (κ3) is 5.12. The molecule has 0 radical (unpaired) electrons. The van der Waals surface area contributed by atoms with Crippen LogP contribution in [0.2, 0.25) is 0 Å². The molecule has 1 saturated heterocycles. The van der Waals surface area contributed by atoms with E-state index in [1.807, 2.05) is 41.2 Å². The number of hydrogen-bond donors (Lipinski definition) is 0. The van der Waals surface area contributed by atoms with Crippen LogP contribution in [0.15, 0.2) is 54.9 Å². The van der Waals surface area contributed by atoms with E-state index in [2.05, 4.69) is 28.1 Å². The monoisotopic (exact) mass is 379 g/mol. The second-order valence-corrected chi connectivity index (χ2v) is 7.43. The molecule has 2 heterocycles. The van der Waals surface area contributed by atoms with Gasteiger partial charge in [0.1, 0.15) is 12.5 Å². The van der Waals surface area contributed by atoms with Crippen molar-refractivity contribution >= 4 is 11.0 Å². The van der Waals surface area contributed by atoms with E-state index in [0.29, 0.717) is 13.3 Å². The molecular weight excluding hydrogens is 350 g/mol. The van der Waals surface area contributed by atoms with Gasteiger partial charge in [0, 0.05) is 12.6 Å². The fourth-order valence-electron chi connectivity index (χ4n) is 3.73. The Morgan fingerprint density at radius 2 is 1.82 bits per heavy atom. The summed E-state index contributed by atoms with van der Waals surface area (Å²) in [4.78, 5) is 7.01. The molecule has 1 aliphatic heterocycles. The van der Waals surface area contributed by atoms with Crippen molar-refractivity contribution in [3.63, 3.8) is 0 Å². The quantitative estimate of drug-likeness (QED) is 0.515. The van der Waals surface area contributed by atoms with Gasteiger partial charge in [-0.3, -0.25) is 0 Å². The third-order valence-corrected chi connectivity index (χ3v) is 5.27. The first kappa shape index (κ1) is 19.0. The number of aromatic nitrogens is 2. The maximum absolute atomic E-state index is 5.99. The van der Waals surface area contributed by atoms with Gasteiger partial charge < -0.3 is 18.9 Å². The van der Waals surface area contributed by atoms with Crippen molar-refractivity contribution in [1.29, 1.82) is 0 Å². The van der Waals surface area contributed by atoms with E-state index in [0.717, 1.165) is 36.4 Å². The zero-order chi connectivity index (χ0) is 19.0. The highest BCUT2D eigenvalue weighted by Gasteiger charge is 2.09. The number of ether oxygens (including phenoxy) is 2. The lowest BCUT2D eigenvalue weighted by Crippen LogP contribution is -2.31. The fraction of sp³-hybridized carbons (Fsp3) is 0.435. The predicted octanol–water partition coefficient (Wildman–Crippen LogP) is 4.47. The predicted molar refractivity (Wildman–Crippen MR) is 111 cm³/mol. The molecule has 0 unspecified atom stereocenters. The van der Waals surface area contributed by atoms with Gasteiger partial charge in [-0.05, 0) is 50.0 Å². The lowest BCUT2D eigenvalue weighted by atomic mass is 10.1. The van der Waals surface area contributed by atoms with Crippen molar-refractivity contribution in [2.75, 3.05) is 26.2 Å². The number of nitrogens with zero attached hydrogens (tertiary/aromatic N) is 3. The van der Waals surface area contributed by atoms with Gasteiger partial charge in [0.25, 0.3) is 0 Å². The first-order chi connectivity index (χ1) is 13.9. The van der Waals surface area contributed by atoms with Crippen LogP contribution in [0.5, 0.6) is 5.75 Å². The summed E-state index contributed by atoms with van der Waals surface area (Å²) in [6, 6.07) is 16.3. The highest BCUT2D eigenvalue weighted by atomic mass is 16.5. The van der Waals surface area contributed by atoms with Gasteiger partial charge in [0.05, 0.1) is 30.6 Å². The molecular formula is C23H29N3O2. The normalized spacial score (nSPS) is 15.1. The number of fused-ring (bicyclic) bond motifs is 1. The van der Waals surface area contributed by atoms with E-state index < -0.39 is 0 Å². The Kier molecular flexibility index (Phi) is 6.58. The van der Waals surface area contributed by atoms with E-state index in [1.165, 1.54) is 37.9 Å². The Balaban J connectivity index is 1.28. The number of benzene rings is 2. The van der Waals surface area contributed by atoms with Crippen LogP contribution >= 0.6 is 0 Å². The maximum Gasteiger partial charge on any atom is 0.124 e. The standard InChI is InChI=1S/C23H29N3O2/c1-3-8-20(9-4-1)17-27-19-26-18-24-22-11-10-21(16-23(22)26)28-15-7-14-25-12-5-2-6-13-25/h1,3-4,8-11,16,18H,2,5-7,12-15,17,19H2. The zero-order valence-electron chi connectivity index (χ0n) is 16.4. The van der Waals surface area contributed by atoms with Gasteiger partial charge in [-0.2, -0.15) is 0 Å². The highest BCUT2D eigenvalue weighted by Crippen LogP contribution is 2.21. The van der Waals surface area contributed by atoms with Gasteiger partial charge in [0.15, 0.2) is 0 Å². The lowest BCUT2D eigenvalue weighted by Gasteiger charge is -2.26. The molecule has 0 N–H and O–H groups in total. The van der Waals surface area contributed by atoms with Crippen molar-refractivity contribution in [2.24, 2.45) is 0 Å². The number of hydrogen-bond acceptors (Lipinski definition) is 4. The summed E-state index contributed by atoms with van der Waals surface area (Å²) in [5.74, 6) is 0.899. The van der Waals surface area contributed by atoms with Crippen molar-refractivity contribution in [3.8, 4) is 5.75 Å². The molecule has 0 aliphatic carbocycles. The second kappa shape index (κ2) is 9.71. The first-order valence-electron chi connectivity index (χ1n) is 10.3. The summed E-state index contributed by atoms with van der Waals surface area (Å²) < 4.78 is 13.9. The molecule has 1 aliphatic rings. The first-order valence-corrected chi connectivity index (χ1v) is 10.3. The summed E-state index contributed by atoms with van der Waals surface area (Å²) in [7, 11) is 0. The van der Waals surface area contributed by atoms with E-state index >= 15 is 0 Å². The molecule has 148 valence electrons. The molecule has 5 nitrogen and oxygen atoms in total. The van der Waals surface area contributed by atoms with E-state index in [4.69, 9.17) is 9.47 Å². The molecule has 0 bridgehead atoms. The number of likely N-dealkylation sites (tertiary alicyclic amines) is 1. The summed E-state index contributed by atoms with van der Waals surface area (Å²) in [5, 5.41) is 0. The van der Waals surface area contributed by atoms with Crippen LogP contribution in [-0.2, 0) is 18.1 Å². The van der Waals surface area contributed by atoms with Crippen LogP contribution in [0.3, 0.4) is 0 Å². The van der Waals surface area contributed by atoms with Gasteiger partial charge in [0.2, 0.25) is 0 Å². The minimum Gasteiger partial charge on any atom is -0.493 e. The molecule has 0 amide bonds. The Hall–Kier alpha value is -2.37. The largest absolute Gasteiger partial charge is 0.493 e. The average molecular weight is 380 g/mol. The van der Waals surface area contributed by atoms with Crippen molar-refractivity contribution in [1.82, 2.24) is 14.5 Å². The fourth-order valence-corrected chi connectivity index (χ4v) is 3.73. The molecule has 0 saturated carbocycles. The summed E-state index contributed by atoms with van der Waals surface area (Å²) in [6.45, 7) is 5.44. The topological polar surface area (TPSA) is 39.5 Å². The number of imidazole rings is 1. The Labute approximate surface area is 166 Å². The van der Waals surface area contributed by atoms with Crippen LogP contribution in [0.25, 0.3) is 11.0 Å². The molecule has 3 aromatic rings. The van der Waals surface area contributed by atoms with Gasteiger partial charge in [-0.1, -0.05) is 36.8 Å². The van der Waals surface area contributed by atoms with Crippen molar-refractivity contribution < 1.29 is 9.47 Å². The van der Waals surface area contributed by atoms with Crippen LogP contribution < -0.4 is 4.74 Å². The summed E-state index contributed by atoms with van der Waals surface area (Å²) in [5.41, 5.74) is 3.18. The van der Waals surface area contributed by atoms with Crippen LogP contribution in [-0.4, -0.2) is 40.7 Å². The number of rotatable bonds is 9. The van der Waals surface area contributed by atoms with E-state index in [9.17, 15) is 0 Å². The molecule has 4 rings (SSSR count). The molecule has 5 heteroatoms. The minimum atomic E-state index is 0.476. The molecule has 1 aromatic heterocycles. The SMILES string of the molecule is c1ccc(COCn2cnc3ccc(OCCCN4CCCCC4)cc32)cc1. The Morgan fingerprint density at radius 1 is 0.964 bits per heavy atom. The van der Waals surface area contributed by atoms with Gasteiger partial charge in [-0.15, -0.1) is 0 Å². The highest BCUT2D eigenvalue weighted by molar-refractivity contribution is 5.76. The lowest BCUT2D eigenvalue weighted by molar-refractivity contribution is 0.0664. The third-order valence-electron chi connectivity index (χ3n) is 5.27. The maximum atomic E-state index is 5.99. The van der Waals surface area contributed by atoms with E-state index in [-0.39, 0.29) is 0 Å². The van der Waals surface area contributed by atoms with Crippen molar-refractivity contribution in [3.05, 3.63) is 60.4 Å². The average Bonchev–Trinajstić information content (AvgIpc) is 3.15. The van der Waals surface area contributed by atoms with Crippen LogP contribution in [0.4, 0.5) is 0 Å². The van der Waals surface area contributed by atoms with E-state index in [1.54, 1.807) is 0 Å². The van der Waals surface area contributed by atoms with Gasteiger partial charge in [-0.25, -0.2) is 4.98 Å². The smallest absolute Gasteiger partial charge is 0.124 e. The summed E-state index contributed by atoms with van der Waals surface area (Å²) in [6.07, 6.45) is 6.96. The van der Waals surface area contributed by atoms with Crippen LogP contribution in [0.1, 0.15) is 31.2 Å². The van der Waals surface area contributed by atoms with Crippen molar-refractivity contribution in [2.45, 2.75) is 39.0 Å². The minimum absolute atomic E-state index is 0.476. The molecule has 28 heavy (non-hydrogen) atoms. The molecule has 1 fully saturated rings. The molecule has 0 atom stereocenters. The zero-order valence-corrected chi connectivity index (χ0v) is 16.4. The molecule has 0 spiro atoms.